The van der Waals surface area contributed by atoms with Gasteiger partial charge in [-0.1, -0.05) is 34.1 Å². The van der Waals surface area contributed by atoms with Gasteiger partial charge in [-0.15, -0.1) is 0 Å². The van der Waals surface area contributed by atoms with Gasteiger partial charge in [0.2, 0.25) is 17.7 Å². The molecular weight excluding hydrogens is 420 g/mol. The quantitative estimate of drug-likeness (QED) is 0.270. The lowest BCUT2D eigenvalue weighted by Crippen LogP contribution is -2.59. The molecule has 11 heteroatoms. The van der Waals surface area contributed by atoms with Gasteiger partial charge in [0.15, 0.2) is 0 Å². The molecule has 182 valence electrons. The van der Waals surface area contributed by atoms with Gasteiger partial charge in [-0.3, -0.25) is 19.2 Å². The fraction of sp³-hybridized carbons (Fsp3) is 0.762. The molecule has 0 aromatic carbocycles. The molecule has 0 saturated carbocycles. The topological polar surface area (TPSA) is 179 Å². The predicted molar refractivity (Wildman–Crippen MR) is 115 cm³/mol. The van der Waals surface area contributed by atoms with E-state index < -0.39 is 60.2 Å². The number of carboxylic acids is 2. The highest BCUT2D eigenvalue weighted by Crippen LogP contribution is 2.21. The van der Waals surface area contributed by atoms with Gasteiger partial charge in [0.05, 0.1) is 12.5 Å². The van der Waals surface area contributed by atoms with E-state index in [1.165, 1.54) is 4.90 Å². The molecule has 11 nitrogen and oxygen atoms in total. The second-order valence-electron chi connectivity index (χ2n) is 8.79. The molecule has 1 aliphatic heterocycles. The summed E-state index contributed by atoms with van der Waals surface area (Å²) in [6, 6.07) is -4.21. The van der Waals surface area contributed by atoms with E-state index in [1.54, 1.807) is 6.92 Å². The Morgan fingerprint density at radius 2 is 1.69 bits per heavy atom. The number of carbonyl (C=O) groups excluding carboxylic acids is 3. The third-order valence-corrected chi connectivity index (χ3v) is 5.67. The molecular formula is C21H36N4O7. The van der Waals surface area contributed by atoms with E-state index >= 15 is 0 Å². The van der Waals surface area contributed by atoms with Crippen LogP contribution in [-0.4, -0.2) is 75.5 Å². The molecule has 5 atom stereocenters. The molecule has 1 heterocycles. The minimum Gasteiger partial charge on any atom is -0.481 e. The van der Waals surface area contributed by atoms with E-state index in [1.807, 2.05) is 20.8 Å². The van der Waals surface area contributed by atoms with Crippen molar-refractivity contribution in [2.75, 3.05) is 6.54 Å². The molecule has 5 unspecified atom stereocenters. The molecule has 0 aromatic heterocycles. The molecule has 0 bridgehead atoms. The van der Waals surface area contributed by atoms with Crippen molar-refractivity contribution in [3.05, 3.63) is 0 Å². The minimum absolute atomic E-state index is 0.0377. The van der Waals surface area contributed by atoms with Crippen LogP contribution in [0.4, 0.5) is 0 Å². The minimum atomic E-state index is -1.32. The van der Waals surface area contributed by atoms with E-state index in [-0.39, 0.29) is 11.8 Å². The lowest BCUT2D eigenvalue weighted by atomic mass is 9.96. The third-order valence-electron chi connectivity index (χ3n) is 5.67. The Labute approximate surface area is 188 Å². The Balaban J connectivity index is 3.02. The number of nitrogens with one attached hydrogen (secondary N) is 2. The van der Waals surface area contributed by atoms with Crippen LogP contribution in [0.15, 0.2) is 0 Å². The summed E-state index contributed by atoms with van der Waals surface area (Å²) in [5.74, 6) is -4.43. The summed E-state index contributed by atoms with van der Waals surface area (Å²) in [6.45, 7) is 7.63. The van der Waals surface area contributed by atoms with Gasteiger partial charge in [-0.25, -0.2) is 4.79 Å². The average Bonchev–Trinajstić information content (AvgIpc) is 3.19. The van der Waals surface area contributed by atoms with Gasteiger partial charge < -0.3 is 31.5 Å². The van der Waals surface area contributed by atoms with Crippen LogP contribution in [0, 0.1) is 11.8 Å². The zero-order chi connectivity index (χ0) is 24.6. The number of carbonyl (C=O) groups is 5. The van der Waals surface area contributed by atoms with Crippen LogP contribution in [0.5, 0.6) is 0 Å². The first-order valence-corrected chi connectivity index (χ1v) is 11.0. The maximum Gasteiger partial charge on any atom is 0.326 e. The number of hydrogen-bond donors (Lipinski definition) is 5. The van der Waals surface area contributed by atoms with Gasteiger partial charge in [-0.05, 0) is 31.1 Å². The van der Waals surface area contributed by atoms with Crippen molar-refractivity contribution < 1.29 is 34.2 Å². The Kier molecular flexibility index (Phi) is 10.6. The average molecular weight is 457 g/mol. The SMILES string of the molecule is CCC(C)C(NC(=O)C(N)CC(=O)O)C(=O)NC(CC(C)C)C(=O)N1CCCC1C(=O)O. The van der Waals surface area contributed by atoms with Crippen molar-refractivity contribution in [2.45, 2.75) is 84.0 Å². The predicted octanol–water partition coefficient (Wildman–Crippen LogP) is -0.0742. The highest BCUT2D eigenvalue weighted by atomic mass is 16.4. The van der Waals surface area contributed by atoms with E-state index in [0.717, 1.165) is 0 Å². The fourth-order valence-corrected chi connectivity index (χ4v) is 3.68. The van der Waals surface area contributed by atoms with Gasteiger partial charge in [-0.2, -0.15) is 0 Å². The molecule has 1 aliphatic rings. The smallest absolute Gasteiger partial charge is 0.326 e. The summed E-state index contributed by atoms with van der Waals surface area (Å²) >= 11 is 0. The Morgan fingerprint density at radius 1 is 1.06 bits per heavy atom. The summed E-state index contributed by atoms with van der Waals surface area (Å²) in [4.78, 5) is 62.1. The second kappa shape index (κ2) is 12.4. The number of amides is 3. The Bertz CT molecular complexity index is 712. The third kappa shape index (κ3) is 7.77. The van der Waals surface area contributed by atoms with Crippen LogP contribution >= 0.6 is 0 Å². The van der Waals surface area contributed by atoms with Crippen molar-refractivity contribution in [2.24, 2.45) is 17.6 Å². The molecule has 1 rings (SSSR count). The van der Waals surface area contributed by atoms with Crippen molar-refractivity contribution >= 4 is 29.7 Å². The number of hydrogen-bond acceptors (Lipinski definition) is 6. The van der Waals surface area contributed by atoms with Crippen LogP contribution in [0.2, 0.25) is 0 Å². The normalized spacial score (nSPS) is 19.7. The number of aliphatic carboxylic acids is 2. The van der Waals surface area contributed by atoms with Crippen LogP contribution in [0.25, 0.3) is 0 Å². The number of carboxylic acid groups (broad SMARTS) is 2. The van der Waals surface area contributed by atoms with Crippen LogP contribution < -0.4 is 16.4 Å². The monoisotopic (exact) mass is 456 g/mol. The van der Waals surface area contributed by atoms with Gasteiger partial charge in [0.25, 0.3) is 0 Å². The summed E-state index contributed by atoms with van der Waals surface area (Å²) in [6.07, 6.45) is 1.17. The first kappa shape index (κ1) is 27.3. The zero-order valence-electron chi connectivity index (χ0n) is 19.2. The molecule has 0 radical (unpaired) electrons. The van der Waals surface area contributed by atoms with Gasteiger partial charge in [0, 0.05) is 6.54 Å². The largest absolute Gasteiger partial charge is 0.481 e. The molecule has 1 fully saturated rings. The number of nitrogens with zero attached hydrogens (tertiary/aromatic N) is 1. The molecule has 3 amide bonds. The van der Waals surface area contributed by atoms with Crippen LogP contribution in [0.3, 0.4) is 0 Å². The molecule has 32 heavy (non-hydrogen) atoms. The fourth-order valence-electron chi connectivity index (χ4n) is 3.68. The van der Waals surface area contributed by atoms with Crippen molar-refractivity contribution in [3.63, 3.8) is 0 Å². The first-order valence-electron chi connectivity index (χ1n) is 11.0. The zero-order valence-corrected chi connectivity index (χ0v) is 19.2. The Morgan fingerprint density at radius 3 is 2.19 bits per heavy atom. The summed E-state index contributed by atoms with van der Waals surface area (Å²) in [5.41, 5.74) is 5.61. The highest BCUT2D eigenvalue weighted by molar-refractivity contribution is 5.95. The Hall–Kier alpha value is -2.69. The summed E-state index contributed by atoms with van der Waals surface area (Å²) < 4.78 is 0. The lowest BCUT2D eigenvalue weighted by Gasteiger charge is -2.31. The molecule has 6 N–H and O–H groups in total. The molecule has 0 aromatic rings. The maximum atomic E-state index is 13.1. The first-order chi connectivity index (χ1) is 14.9. The van der Waals surface area contributed by atoms with Crippen molar-refractivity contribution in [3.8, 4) is 0 Å². The van der Waals surface area contributed by atoms with E-state index in [4.69, 9.17) is 10.8 Å². The van der Waals surface area contributed by atoms with Gasteiger partial charge >= 0.3 is 11.9 Å². The van der Waals surface area contributed by atoms with Crippen molar-refractivity contribution in [1.82, 2.24) is 15.5 Å². The molecule has 0 aliphatic carbocycles. The van der Waals surface area contributed by atoms with Crippen molar-refractivity contribution in [1.29, 1.82) is 0 Å². The van der Waals surface area contributed by atoms with E-state index in [0.29, 0.717) is 32.2 Å². The van der Waals surface area contributed by atoms with Crippen LogP contribution in [-0.2, 0) is 24.0 Å². The standard InChI is InChI=1S/C21H36N4O7/c1-5-12(4)17(24-18(28)13(22)10-16(26)27)19(29)23-14(9-11(2)3)20(30)25-8-6-7-15(25)21(31)32/h11-15,17H,5-10,22H2,1-4H3,(H,23,29)(H,24,28)(H,26,27)(H,31,32). The summed E-state index contributed by atoms with van der Waals surface area (Å²) in [5, 5.41) is 23.4. The number of likely N-dealkylation sites (tertiary alicyclic amines) is 1. The van der Waals surface area contributed by atoms with E-state index in [2.05, 4.69) is 10.6 Å². The maximum absolute atomic E-state index is 13.1. The summed E-state index contributed by atoms with van der Waals surface area (Å²) in [7, 11) is 0. The van der Waals surface area contributed by atoms with E-state index in [9.17, 15) is 29.1 Å². The second-order valence-corrected chi connectivity index (χ2v) is 8.79. The van der Waals surface area contributed by atoms with Crippen LogP contribution in [0.1, 0.15) is 59.8 Å². The molecule has 0 spiro atoms. The lowest BCUT2D eigenvalue weighted by molar-refractivity contribution is -0.149. The molecule has 1 saturated heterocycles. The highest BCUT2D eigenvalue weighted by Gasteiger charge is 2.39. The number of nitrogens with two attached hydrogens (primary N) is 1. The number of rotatable bonds is 12. The van der Waals surface area contributed by atoms with Gasteiger partial charge in [0.1, 0.15) is 18.1 Å².